The van der Waals surface area contributed by atoms with Gasteiger partial charge < -0.3 is 15.2 Å². The summed E-state index contributed by atoms with van der Waals surface area (Å²) in [5.74, 6) is 0. The van der Waals surface area contributed by atoms with Crippen LogP contribution in [0.1, 0.15) is 53.4 Å². The van der Waals surface area contributed by atoms with Crippen molar-refractivity contribution in [1.29, 1.82) is 0 Å². The zero-order chi connectivity index (χ0) is 17.0. The SMILES string of the molecule is CNC(=S)NCCOP1N(C(C)C)C2CCCCC2N1C(C)C. The second-order valence-electron chi connectivity index (χ2n) is 6.96. The summed E-state index contributed by atoms with van der Waals surface area (Å²) in [6, 6.07) is 2.40. The lowest BCUT2D eigenvalue weighted by Gasteiger charge is -2.34. The van der Waals surface area contributed by atoms with Gasteiger partial charge in [-0.25, -0.2) is 9.34 Å². The molecule has 1 aliphatic heterocycles. The molecule has 134 valence electrons. The Balaban J connectivity index is 2.03. The van der Waals surface area contributed by atoms with Crippen molar-refractivity contribution in [2.75, 3.05) is 20.2 Å². The third-order valence-corrected chi connectivity index (χ3v) is 7.72. The first-order chi connectivity index (χ1) is 11.0. The van der Waals surface area contributed by atoms with Crippen LogP contribution in [0, 0.1) is 0 Å². The monoisotopic (exact) mass is 360 g/mol. The minimum Gasteiger partial charge on any atom is -0.366 e. The fourth-order valence-electron chi connectivity index (χ4n) is 3.76. The van der Waals surface area contributed by atoms with E-state index in [1.54, 1.807) is 0 Å². The average Bonchev–Trinajstić information content (AvgIpc) is 2.85. The summed E-state index contributed by atoms with van der Waals surface area (Å²) in [6.07, 6.45) is 5.35. The Morgan fingerprint density at radius 2 is 1.65 bits per heavy atom. The van der Waals surface area contributed by atoms with E-state index in [0.717, 1.165) is 6.54 Å². The quantitative estimate of drug-likeness (QED) is 0.431. The predicted octanol–water partition coefficient (Wildman–Crippen LogP) is 3.07. The van der Waals surface area contributed by atoms with Crippen LogP contribution in [0.25, 0.3) is 0 Å². The van der Waals surface area contributed by atoms with E-state index >= 15 is 0 Å². The maximum absolute atomic E-state index is 6.40. The first kappa shape index (κ1) is 19.3. The molecule has 2 fully saturated rings. The minimum absolute atomic E-state index is 0.529. The zero-order valence-corrected chi connectivity index (χ0v) is 16.9. The van der Waals surface area contributed by atoms with Gasteiger partial charge in [0.2, 0.25) is 0 Å². The maximum atomic E-state index is 6.40. The summed E-state index contributed by atoms with van der Waals surface area (Å²) in [5, 5.41) is 6.80. The number of nitrogens with one attached hydrogen (secondary N) is 2. The van der Waals surface area contributed by atoms with Crippen molar-refractivity contribution >= 4 is 25.8 Å². The maximum Gasteiger partial charge on any atom is 0.189 e. The van der Waals surface area contributed by atoms with E-state index in [9.17, 15) is 0 Å². The van der Waals surface area contributed by atoms with Crippen LogP contribution in [0.3, 0.4) is 0 Å². The van der Waals surface area contributed by atoms with Gasteiger partial charge in [0.15, 0.2) is 13.6 Å². The third-order valence-electron chi connectivity index (χ3n) is 4.65. The number of nitrogens with zero attached hydrogens (tertiary/aromatic N) is 2. The second kappa shape index (κ2) is 8.91. The van der Waals surface area contributed by atoms with Gasteiger partial charge in [-0.3, -0.25) is 0 Å². The summed E-state index contributed by atoms with van der Waals surface area (Å²) in [6.45, 7) is 10.7. The molecule has 2 aliphatic rings. The van der Waals surface area contributed by atoms with Crippen LogP contribution in [0.4, 0.5) is 0 Å². The Morgan fingerprint density at radius 1 is 1.13 bits per heavy atom. The number of hydrogen-bond acceptors (Lipinski definition) is 4. The summed E-state index contributed by atoms with van der Waals surface area (Å²) >= 11 is 5.12. The standard InChI is InChI=1S/C16H33N4OPS/c1-12(2)19-14-8-6-7-9-15(14)20(13(3)4)22(19)21-11-10-18-16(23)17-5/h12-15H,6-11H2,1-5H3,(H2,17,18,23). The van der Waals surface area contributed by atoms with Crippen molar-refractivity contribution in [3.63, 3.8) is 0 Å². The van der Waals surface area contributed by atoms with Crippen molar-refractivity contribution in [2.45, 2.75) is 77.5 Å². The molecule has 0 bridgehead atoms. The Labute approximate surface area is 148 Å². The molecule has 2 N–H and O–H groups in total. The molecule has 0 amide bonds. The van der Waals surface area contributed by atoms with E-state index in [1.165, 1.54) is 25.7 Å². The molecule has 1 saturated heterocycles. The zero-order valence-electron chi connectivity index (χ0n) is 15.2. The highest BCUT2D eigenvalue weighted by molar-refractivity contribution is 7.80. The number of hydrogen-bond donors (Lipinski definition) is 2. The highest BCUT2D eigenvalue weighted by Crippen LogP contribution is 2.59. The van der Waals surface area contributed by atoms with Crippen LogP contribution in [0.2, 0.25) is 0 Å². The summed E-state index contributed by atoms with van der Waals surface area (Å²) in [5.41, 5.74) is 0. The van der Waals surface area contributed by atoms with Gasteiger partial charge in [0.1, 0.15) is 0 Å². The molecule has 2 atom stereocenters. The van der Waals surface area contributed by atoms with Gasteiger partial charge in [0.05, 0.1) is 6.61 Å². The van der Waals surface area contributed by atoms with Gasteiger partial charge >= 0.3 is 0 Å². The van der Waals surface area contributed by atoms with Gasteiger partial charge in [-0.1, -0.05) is 12.8 Å². The van der Waals surface area contributed by atoms with Crippen molar-refractivity contribution in [1.82, 2.24) is 20.0 Å². The highest BCUT2D eigenvalue weighted by atomic mass is 32.1. The highest BCUT2D eigenvalue weighted by Gasteiger charge is 2.50. The lowest BCUT2D eigenvalue weighted by atomic mass is 9.89. The number of thiocarbonyl (C=S) groups is 1. The van der Waals surface area contributed by atoms with E-state index in [-0.39, 0.29) is 0 Å². The average molecular weight is 361 g/mol. The first-order valence-electron chi connectivity index (χ1n) is 8.92. The van der Waals surface area contributed by atoms with Crippen molar-refractivity contribution in [2.24, 2.45) is 0 Å². The van der Waals surface area contributed by atoms with Gasteiger partial charge in [-0.2, -0.15) is 0 Å². The van der Waals surface area contributed by atoms with E-state index in [1.807, 2.05) is 7.05 Å². The third kappa shape index (κ3) is 4.55. The summed E-state index contributed by atoms with van der Waals surface area (Å²) < 4.78 is 11.7. The molecule has 5 nitrogen and oxygen atoms in total. The molecule has 1 aliphatic carbocycles. The van der Waals surface area contributed by atoms with Gasteiger partial charge in [0, 0.05) is 37.8 Å². The molecular weight excluding hydrogens is 327 g/mol. The van der Waals surface area contributed by atoms with Crippen LogP contribution >= 0.6 is 20.7 Å². The van der Waals surface area contributed by atoms with Crippen molar-refractivity contribution in [3.8, 4) is 0 Å². The lowest BCUT2D eigenvalue weighted by Crippen LogP contribution is -2.43. The molecule has 2 unspecified atom stereocenters. The topological polar surface area (TPSA) is 39.8 Å². The van der Waals surface area contributed by atoms with Crippen LogP contribution in [-0.2, 0) is 4.52 Å². The van der Waals surface area contributed by atoms with E-state index < -0.39 is 8.45 Å². The Kier molecular flexibility index (Phi) is 7.49. The molecule has 0 spiro atoms. The molecule has 0 aromatic rings. The van der Waals surface area contributed by atoms with E-state index in [4.69, 9.17) is 16.7 Å². The Bertz CT molecular complexity index is 372. The minimum atomic E-state index is -0.673. The lowest BCUT2D eigenvalue weighted by molar-refractivity contribution is 0.173. The summed E-state index contributed by atoms with van der Waals surface area (Å²) in [7, 11) is 1.16. The molecule has 7 heteroatoms. The fourth-order valence-corrected chi connectivity index (χ4v) is 6.45. The largest absolute Gasteiger partial charge is 0.366 e. The van der Waals surface area contributed by atoms with Gasteiger partial charge in [-0.05, 0) is 52.8 Å². The molecule has 23 heavy (non-hydrogen) atoms. The molecule has 2 rings (SSSR count). The van der Waals surface area contributed by atoms with Crippen molar-refractivity contribution in [3.05, 3.63) is 0 Å². The van der Waals surface area contributed by atoms with Crippen LogP contribution in [-0.4, -0.2) is 58.8 Å². The van der Waals surface area contributed by atoms with E-state index in [2.05, 4.69) is 47.7 Å². The molecular formula is C16H33N4OPS. The molecule has 0 aromatic heterocycles. The first-order valence-corrected chi connectivity index (χ1v) is 10.5. The molecule has 1 saturated carbocycles. The molecule has 0 radical (unpaired) electrons. The predicted molar refractivity (Wildman–Crippen MR) is 103 cm³/mol. The smallest absolute Gasteiger partial charge is 0.189 e. The van der Waals surface area contributed by atoms with Gasteiger partial charge in [0.25, 0.3) is 0 Å². The van der Waals surface area contributed by atoms with Gasteiger partial charge in [-0.15, -0.1) is 0 Å². The molecule has 1 heterocycles. The fraction of sp³-hybridized carbons (Fsp3) is 0.938. The van der Waals surface area contributed by atoms with E-state index in [0.29, 0.717) is 35.9 Å². The Morgan fingerprint density at radius 3 is 2.09 bits per heavy atom. The van der Waals surface area contributed by atoms with Crippen LogP contribution in [0.15, 0.2) is 0 Å². The number of fused-ring (bicyclic) bond motifs is 1. The second-order valence-corrected chi connectivity index (χ2v) is 9.05. The van der Waals surface area contributed by atoms with Crippen LogP contribution < -0.4 is 10.6 Å². The van der Waals surface area contributed by atoms with Crippen molar-refractivity contribution < 1.29 is 4.52 Å². The van der Waals surface area contributed by atoms with Crippen LogP contribution in [0.5, 0.6) is 0 Å². The number of rotatable bonds is 6. The Hall–Kier alpha value is -0.0000000000000000416. The molecule has 0 aromatic carbocycles. The summed E-state index contributed by atoms with van der Waals surface area (Å²) in [4.78, 5) is 0. The normalized spacial score (nSPS) is 29.1.